The van der Waals surface area contributed by atoms with Gasteiger partial charge in [-0.1, -0.05) is 35.0 Å². The SMILES string of the molecule is CC1=C(c2nc(-c3ccc(F)cc3)no2)C(c2ccc(C)cc2)NC(=S)N1c1ccc(F)cc1. The second kappa shape index (κ2) is 8.79. The summed E-state index contributed by atoms with van der Waals surface area (Å²) in [7, 11) is 0. The van der Waals surface area contributed by atoms with Crippen LogP contribution in [-0.2, 0) is 0 Å². The third-order valence-electron chi connectivity index (χ3n) is 5.74. The van der Waals surface area contributed by atoms with Gasteiger partial charge in [-0.05, 0) is 80.2 Å². The molecule has 3 aromatic carbocycles. The molecule has 5 nitrogen and oxygen atoms in total. The zero-order valence-corrected chi connectivity index (χ0v) is 19.2. The van der Waals surface area contributed by atoms with Crippen molar-refractivity contribution in [3.63, 3.8) is 0 Å². The summed E-state index contributed by atoms with van der Waals surface area (Å²) >= 11 is 5.70. The van der Waals surface area contributed by atoms with Crippen molar-refractivity contribution in [3.8, 4) is 11.4 Å². The molecule has 8 heteroatoms. The van der Waals surface area contributed by atoms with E-state index in [0.29, 0.717) is 28.1 Å². The minimum atomic E-state index is -0.342. The summed E-state index contributed by atoms with van der Waals surface area (Å²) in [6, 6.07) is 19.7. The van der Waals surface area contributed by atoms with Crippen LogP contribution in [-0.4, -0.2) is 15.3 Å². The first kappa shape index (κ1) is 21.9. The van der Waals surface area contributed by atoms with Crippen molar-refractivity contribution in [2.24, 2.45) is 0 Å². The number of benzene rings is 3. The van der Waals surface area contributed by atoms with Crippen LogP contribution in [0.25, 0.3) is 17.0 Å². The Bertz CT molecular complexity index is 1380. The van der Waals surface area contributed by atoms with Gasteiger partial charge in [-0.3, -0.25) is 4.90 Å². The Morgan fingerprint density at radius 3 is 2.15 bits per heavy atom. The normalized spacial score (nSPS) is 16.1. The summed E-state index contributed by atoms with van der Waals surface area (Å²) in [6.07, 6.45) is 0. The lowest BCUT2D eigenvalue weighted by Gasteiger charge is -2.37. The Balaban J connectivity index is 1.64. The van der Waals surface area contributed by atoms with Crippen LogP contribution in [0.5, 0.6) is 0 Å². The number of allylic oxidation sites excluding steroid dienone is 1. The predicted octanol–water partition coefficient (Wildman–Crippen LogP) is 6.19. The molecule has 2 heterocycles. The monoisotopic (exact) mass is 474 g/mol. The van der Waals surface area contributed by atoms with Gasteiger partial charge in [0.2, 0.25) is 5.82 Å². The number of rotatable bonds is 4. The summed E-state index contributed by atoms with van der Waals surface area (Å²) < 4.78 is 32.6. The lowest BCUT2D eigenvalue weighted by molar-refractivity contribution is 0.404. The molecule has 0 aliphatic carbocycles. The second-order valence-electron chi connectivity index (χ2n) is 8.03. The smallest absolute Gasteiger partial charge is 0.258 e. The molecule has 34 heavy (non-hydrogen) atoms. The number of hydrogen-bond donors (Lipinski definition) is 1. The van der Waals surface area contributed by atoms with Gasteiger partial charge >= 0.3 is 0 Å². The fraction of sp³-hybridized carbons (Fsp3) is 0.115. The molecule has 1 unspecified atom stereocenters. The number of aromatic nitrogens is 2. The van der Waals surface area contributed by atoms with Crippen molar-refractivity contribution in [1.82, 2.24) is 15.5 Å². The van der Waals surface area contributed by atoms with Gasteiger partial charge in [-0.2, -0.15) is 4.98 Å². The molecule has 1 N–H and O–H groups in total. The number of hydrogen-bond acceptors (Lipinski definition) is 4. The van der Waals surface area contributed by atoms with E-state index in [1.165, 1.54) is 24.3 Å². The Kier molecular flexibility index (Phi) is 5.67. The third kappa shape index (κ3) is 4.08. The highest BCUT2D eigenvalue weighted by Gasteiger charge is 2.34. The van der Waals surface area contributed by atoms with Crippen LogP contribution >= 0.6 is 12.2 Å². The molecule has 170 valence electrons. The summed E-state index contributed by atoms with van der Waals surface area (Å²) in [4.78, 5) is 6.43. The lowest BCUT2D eigenvalue weighted by Crippen LogP contribution is -2.46. The van der Waals surface area contributed by atoms with Crippen molar-refractivity contribution in [2.45, 2.75) is 19.9 Å². The van der Waals surface area contributed by atoms with Crippen LogP contribution in [0.4, 0.5) is 14.5 Å². The Morgan fingerprint density at radius 1 is 0.882 bits per heavy atom. The number of thiocarbonyl (C=S) groups is 1. The van der Waals surface area contributed by atoms with Gasteiger partial charge in [-0.15, -0.1) is 0 Å². The lowest BCUT2D eigenvalue weighted by atomic mass is 9.94. The van der Waals surface area contributed by atoms with E-state index < -0.39 is 0 Å². The topological polar surface area (TPSA) is 54.2 Å². The van der Waals surface area contributed by atoms with Gasteiger partial charge in [0.25, 0.3) is 5.89 Å². The number of nitrogens with one attached hydrogen (secondary N) is 1. The molecule has 4 aromatic rings. The van der Waals surface area contributed by atoms with Crippen molar-refractivity contribution < 1.29 is 13.3 Å². The van der Waals surface area contributed by atoms with Gasteiger partial charge in [0, 0.05) is 16.9 Å². The van der Waals surface area contributed by atoms with Crippen LogP contribution in [0, 0.1) is 18.6 Å². The van der Waals surface area contributed by atoms with Gasteiger partial charge < -0.3 is 9.84 Å². The molecule has 1 atom stereocenters. The molecule has 0 amide bonds. The van der Waals surface area contributed by atoms with Crippen LogP contribution in [0.15, 0.2) is 83.0 Å². The Morgan fingerprint density at radius 2 is 1.50 bits per heavy atom. The predicted molar refractivity (Wildman–Crippen MR) is 131 cm³/mol. The van der Waals surface area contributed by atoms with Crippen LogP contribution < -0.4 is 10.2 Å². The maximum absolute atomic E-state index is 13.6. The summed E-state index contributed by atoms with van der Waals surface area (Å²) in [5.41, 5.74) is 4.96. The van der Waals surface area contributed by atoms with Crippen molar-refractivity contribution in [3.05, 3.63) is 107 Å². The molecule has 0 bridgehead atoms. The van der Waals surface area contributed by atoms with E-state index in [-0.39, 0.29) is 17.7 Å². The average molecular weight is 475 g/mol. The highest BCUT2D eigenvalue weighted by Crippen LogP contribution is 2.39. The molecular weight excluding hydrogens is 454 g/mol. The van der Waals surface area contributed by atoms with Gasteiger partial charge in [0.05, 0.1) is 11.6 Å². The van der Waals surface area contributed by atoms with E-state index in [2.05, 4.69) is 15.5 Å². The number of halogens is 2. The summed E-state index contributed by atoms with van der Waals surface area (Å²) in [5.74, 6) is -0.0193. The Hall–Kier alpha value is -3.91. The van der Waals surface area contributed by atoms with Gasteiger partial charge in [0.1, 0.15) is 11.6 Å². The Labute approximate surface area is 200 Å². The zero-order chi connectivity index (χ0) is 23.8. The van der Waals surface area contributed by atoms with E-state index in [1.54, 1.807) is 24.3 Å². The van der Waals surface area contributed by atoms with E-state index in [1.807, 2.05) is 43.0 Å². The molecule has 0 fully saturated rings. The quantitative estimate of drug-likeness (QED) is 0.356. The fourth-order valence-corrected chi connectivity index (χ4v) is 4.34. The minimum absolute atomic E-state index is 0.310. The third-order valence-corrected chi connectivity index (χ3v) is 6.04. The van der Waals surface area contributed by atoms with Crippen LogP contribution in [0.3, 0.4) is 0 Å². The van der Waals surface area contributed by atoms with Crippen LogP contribution in [0.2, 0.25) is 0 Å². The maximum Gasteiger partial charge on any atom is 0.258 e. The van der Waals surface area contributed by atoms with Crippen molar-refractivity contribution in [2.75, 3.05) is 4.90 Å². The van der Waals surface area contributed by atoms with E-state index in [9.17, 15) is 8.78 Å². The minimum Gasteiger partial charge on any atom is -0.351 e. The molecule has 0 saturated carbocycles. The molecule has 0 spiro atoms. The molecule has 1 aliphatic heterocycles. The van der Waals surface area contributed by atoms with Crippen molar-refractivity contribution >= 4 is 28.6 Å². The van der Waals surface area contributed by atoms with E-state index >= 15 is 0 Å². The number of aryl methyl sites for hydroxylation is 1. The molecule has 5 rings (SSSR count). The first-order valence-corrected chi connectivity index (χ1v) is 11.0. The first-order valence-electron chi connectivity index (χ1n) is 10.6. The summed E-state index contributed by atoms with van der Waals surface area (Å²) in [5, 5.41) is 7.97. The van der Waals surface area contributed by atoms with Crippen molar-refractivity contribution in [1.29, 1.82) is 0 Å². The molecule has 0 radical (unpaired) electrons. The molecular formula is C26H20F2N4OS. The second-order valence-corrected chi connectivity index (χ2v) is 8.42. The highest BCUT2D eigenvalue weighted by molar-refractivity contribution is 7.80. The standard InChI is InChI=1S/C26H20F2N4OS/c1-15-3-5-17(6-4-15)23-22(25-30-24(31-33-25)18-7-9-19(27)10-8-18)16(2)32(26(34)29-23)21-13-11-20(28)12-14-21/h3-14,23H,1-2H3,(H,29,34). The zero-order valence-electron chi connectivity index (χ0n) is 18.4. The van der Waals surface area contributed by atoms with Gasteiger partial charge in [-0.25, -0.2) is 8.78 Å². The van der Waals surface area contributed by atoms with Gasteiger partial charge in [0.15, 0.2) is 5.11 Å². The number of anilines is 1. The highest BCUT2D eigenvalue weighted by atomic mass is 32.1. The van der Waals surface area contributed by atoms with E-state index in [0.717, 1.165) is 22.4 Å². The summed E-state index contributed by atoms with van der Waals surface area (Å²) in [6.45, 7) is 3.93. The molecule has 0 saturated heterocycles. The van der Waals surface area contributed by atoms with E-state index in [4.69, 9.17) is 16.7 Å². The van der Waals surface area contributed by atoms with Crippen LogP contribution in [0.1, 0.15) is 30.0 Å². The molecule has 1 aromatic heterocycles. The first-order chi connectivity index (χ1) is 16.4. The average Bonchev–Trinajstić information content (AvgIpc) is 3.30. The molecule has 1 aliphatic rings. The number of nitrogens with zero attached hydrogens (tertiary/aromatic N) is 3. The maximum atomic E-state index is 13.6. The fourth-order valence-electron chi connectivity index (χ4n) is 3.98. The largest absolute Gasteiger partial charge is 0.351 e.